The Morgan fingerprint density at radius 1 is 1.17 bits per heavy atom. The lowest BCUT2D eigenvalue weighted by Gasteiger charge is -2.08. The summed E-state index contributed by atoms with van der Waals surface area (Å²) in [6, 6.07) is 0. The molecule has 0 bridgehead atoms. The zero-order valence-electron chi connectivity index (χ0n) is 7.29. The van der Waals surface area contributed by atoms with Gasteiger partial charge in [0.25, 0.3) is 0 Å². The Balaban J connectivity index is 2.03. The van der Waals surface area contributed by atoms with Crippen molar-refractivity contribution in [2.24, 2.45) is 0 Å². The monoisotopic (exact) mass is 167 g/mol. The predicted molar refractivity (Wildman–Crippen MR) is 47.8 cm³/mol. The first kappa shape index (κ1) is 9.17. The van der Waals surface area contributed by atoms with Crippen LogP contribution in [0.2, 0.25) is 0 Å². The third kappa shape index (κ3) is 3.46. The highest BCUT2D eigenvalue weighted by atomic mass is 16.5. The Kier molecular flexibility index (Phi) is 4.35. The zero-order chi connectivity index (χ0) is 8.65. The standard InChI is InChI=1S/C10H15O2/c1-2-3-4-5-6-10-9-11-7-8-12-10/h7-9H,1-6H2. The van der Waals surface area contributed by atoms with E-state index in [1.165, 1.54) is 19.1 Å². The second-order valence-electron chi connectivity index (χ2n) is 2.77. The summed E-state index contributed by atoms with van der Waals surface area (Å²) in [6.07, 6.45) is 10.3. The summed E-state index contributed by atoms with van der Waals surface area (Å²) in [5.41, 5.74) is 0. The van der Waals surface area contributed by atoms with Crippen LogP contribution in [0.5, 0.6) is 0 Å². The first-order chi connectivity index (χ1) is 5.93. The van der Waals surface area contributed by atoms with Gasteiger partial charge >= 0.3 is 0 Å². The van der Waals surface area contributed by atoms with Crippen LogP contribution in [0, 0.1) is 6.92 Å². The van der Waals surface area contributed by atoms with Gasteiger partial charge in [0.1, 0.15) is 24.5 Å². The number of ether oxygens (including phenoxy) is 2. The Morgan fingerprint density at radius 2 is 2.08 bits per heavy atom. The second kappa shape index (κ2) is 5.70. The van der Waals surface area contributed by atoms with Crippen LogP contribution in [0.1, 0.15) is 32.1 Å². The molecule has 0 aliphatic carbocycles. The molecule has 67 valence electrons. The van der Waals surface area contributed by atoms with Gasteiger partial charge in [0.15, 0.2) is 0 Å². The Bertz CT molecular complexity index is 171. The molecule has 1 aliphatic heterocycles. The van der Waals surface area contributed by atoms with Crippen molar-refractivity contribution in [3.05, 3.63) is 31.5 Å². The van der Waals surface area contributed by atoms with E-state index in [-0.39, 0.29) is 0 Å². The van der Waals surface area contributed by atoms with Gasteiger partial charge in [-0.25, -0.2) is 0 Å². The van der Waals surface area contributed by atoms with Crippen molar-refractivity contribution in [2.75, 3.05) is 0 Å². The predicted octanol–water partition coefficient (Wildman–Crippen LogP) is 3.13. The van der Waals surface area contributed by atoms with Crippen LogP contribution >= 0.6 is 0 Å². The van der Waals surface area contributed by atoms with Gasteiger partial charge in [-0.2, -0.15) is 0 Å². The Labute approximate surface area is 73.9 Å². The summed E-state index contributed by atoms with van der Waals surface area (Å²) in [5.74, 6) is 0.918. The lowest BCUT2D eigenvalue weighted by molar-refractivity contribution is 0.244. The first-order valence-corrected chi connectivity index (χ1v) is 4.39. The number of hydrogen-bond donors (Lipinski definition) is 0. The maximum atomic E-state index is 5.20. The van der Waals surface area contributed by atoms with Crippen molar-refractivity contribution in [1.29, 1.82) is 0 Å². The molecular formula is C10H15O2. The van der Waals surface area contributed by atoms with E-state index in [2.05, 4.69) is 6.92 Å². The Morgan fingerprint density at radius 3 is 2.75 bits per heavy atom. The van der Waals surface area contributed by atoms with Crippen LogP contribution < -0.4 is 0 Å². The molecule has 0 aromatic rings. The molecule has 0 aromatic heterocycles. The summed E-state index contributed by atoms with van der Waals surface area (Å²) in [6.45, 7) is 3.79. The van der Waals surface area contributed by atoms with Crippen molar-refractivity contribution in [1.82, 2.24) is 0 Å². The van der Waals surface area contributed by atoms with Crippen LogP contribution in [0.4, 0.5) is 0 Å². The molecular weight excluding hydrogens is 152 g/mol. The number of rotatable bonds is 5. The summed E-state index contributed by atoms with van der Waals surface area (Å²) in [7, 11) is 0. The van der Waals surface area contributed by atoms with Crippen molar-refractivity contribution in [3.8, 4) is 0 Å². The molecule has 0 unspecified atom stereocenters. The average molecular weight is 167 g/mol. The highest BCUT2D eigenvalue weighted by Crippen LogP contribution is 2.14. The van der Waals surface area contributed by atoms with Crippen LogP contribution in [0.15, 0.2) is 24.5 Å². The number of allylic oxidation sites excluding steroid dienone is 1. The average Bonchev–Trinajstić information content (AvgIpc) is 2.14. The van der Waals surface area contributed by atoms with Crippen LogP contribution in [-0.2, 0) is 9.47 Å². The first-order valence-electron chi connectivity index (χ1n) is 4.39. The fourth-order valence-corrected chi connectivity index (χ4v) is 1.06. The minimum Gasteiger partial charge on any atom is -0.466 e. The van der Waals surface area contributed by atoms with Gasteiger partial charge in [0.2, 0.25) is 0 Å². The molecule has 2 nitrogen and oxygen atoms in total. The van der Waals surface area contributed by atoms with Gasteiger partial charge in [-0.1, -0.05) is 26.2 Å². The molecule has 0 N–H and O–H groups in total. The molecule has 12 heavy (non-hydrogen) atoms. The molecule has 0 saturated carbocycles. The van der Waals surface area contributed by atoms with E-state index in [9.17, 15) is 0 Å². The maximum absolute atomic E-state index is 5.20. The van der Waals surface area contributed by atoms with Gasteiger partial charge in [-0.15, -0.1) is 0 Å². The van der Waals surface area contributed by atoms with Gasteiger partial charge in [-0.3, -0.25) is 0 Å². The fraction of sp³-hybridized carbons (Fsp3) is 0.500. The molecule has 1 heterocycles. The zero-order valence-corrected chi connectivity index (χ0v) is 7.29. The normalized spacial score (nSPS) is 14.9. The minimum atomic E-state index is 0.918. The summed E-state index contributed by atoms with van der Waals surface area (Å²) in [5, 5.41) is 0. The number of hydrogen-bond acceptors (Lipinski definition) is 2. The SMILES string of the molecule is [CH2]CCCCCC1=COC=CO1. The molecule has 0 aromatic carbocycles. The van der Waals surface area contributed by atoms with E-state index < -0.39 is 0 Å². The van der Waals surface area contributed by atoms with Crippen LogP contribution in [0.3, 0.4) is 0 Å². The van der Waals surface area contributed by atoms with Crippen LogP contribution in [-0.4, -0.2) is 0 Å². The quantitative estimate of drug-likeness (QED) is 0.586. The van der Waals surface area contributed by atoms with E-state index in [0.29, 0.717) is 0 Å². The van der Waals surface area contributed by atoms with Crippen molar-refractivity contribution < 1.29 is 9.47 Å². The molecule has 0 amide bonds. The highest BCUT2D eigenvalue weighted by molar-refractivity contribution is 4.94. The molecule has 0 atom stereocenters. The van der Waals surface area contributed by atoms with Crippen molar-refractivity contribution >= 4 is 0 Å². The van der Waals surface area contributed by atoms with Gasteiger partial charge in [-0.05, 0) is 6.42 Å². The van der Waals surface area contributed by atoms with Gasteiger partial charge in [0.05, 0.1) is 0 Å². The van der Waals surface area contributed by atoms with Crippen molar-refractivity contribution in [2.45, 2.75) is 32.1 Å². The van der Waals surface area contributed by atoms with E-state index in [1.807, 2.05) is 0 Å². The molecule has 0 spiro atoms. The third-order valence-corrected chi connectivity index (χ3v) is 1.73. The van der Waals surface area contributed by atoms with Gasteiger partial charge in [0, 0.05) is 6.42 Å². The number of unbranched alkanes of at least 4 members (excludes halogenated alkanes) is 3. The molecule has 1 rings (SSSR count). The lowest BCUT2D eigenvalue weighted by Crippen LogP contribution is -1.92. The van der Waals surface area contributed by atoms with Gasteiger partial charge < -0.3 is 9.47 Å². The topological polar surface area (TPSA) is 18.5 Å². The smallest absolute Gasteiger partial charge is 0.138 e. The lowest BCUT2D eigenvalue weighted by atomic mass is 10.1. The minimum absolute atomic E-state index is 0.918. The summed E-state index contributed by atoms with van der Waals surface area (Å²) in [4.78, 5) is 0. The molecule has 0 saturated heterocycles. The van der Waals surface area contributed by atoms with E-state index >= 15 is 0 Å². The van der Waals surface area contributed by atoms with E-state index in [0.717, 1.165) is 25.0 Å². The van der Waals surface area contributed by atoms with E-state index in [4.69, 9.17) is 9.47 Å². The maximum Gasteiger partial charge on any atom is 0.138 e. The summed E-state index contributed by atoms with van der Waals surface area (Å²) >= 11 is 0. The second-order valence-corrected chi connectivity index (χ2v) is 2.77. The highest BCUT2D eigenvalue weighted by Gasteiger charge is 2.00. The molecule has 1 aliphatic rings. The fourth-order valence-electron chi connectivity index (χ4n) is 1.06. The molecule has 1 radical (unpaired) electrons. The van der Waals surface area contributed by atoms with Crippen molar-refractivity contribution in [3.63, 3.8) is 0 Å². The molecule has 2 heteroatoms. The molecule has 0 fully saturated rings. The largest absolute Gasteiger partial charge is 0.466 e. The van der Waals surface area contributed by atoms with E-state index in [1.54, 1.807) is 12.5 Å². The summed E-state index contributed by atoms with van der Waals surface area (Å²) < 4.78 is 10.2. The third-order valence-electron chi connectivity index (χ3n) is 1.73. The Hall–Kier alpha value is -0.920. The van der Waals surface area contributed by atoms with Crippen LogP contribution in [0.25, 0.3) is 0 Å².